The number of hydrogen-bond donors (Lipinski definition) is 1. The molecule has 5 rings (SSSR count). The van der Waals surface area contributed by atoms with Crippen molar-refractivity contribution in [1.82, 2.24) is 25.2 Å². The monoisotopic (exact) mass is 473 g/mol. The molecule has 5 aromatic rings. The molecule has 34 heavy (non-hydrogen) atoms. The van der Waals surface area contributed by atoms with Crippen molar-refractivity contribution >= 4 is 17.2 Å². The van der Waals surface area contributed by atoms with E-state index in [1.54, 1.807) is 28.2 Å². The van der Waals surface area contributed by atoms with Crippen LogP contribution in [0.25, 0.3) is 28.3 Å². The molecule has 3 heterocycles. The fraction of sp³-hybridized carbons (Fsp3) is 0.120. The molecular formula is C25H20FN5O2S. The molecule has 1 amide bonds. The van der Waals surface area contributed by atoms with Crippen molar-refractivity contribution < 1.29 is 13.7 Å². The number of rotatable bonds is 8. The summed E-state index contributed by atoms with van der Waals surface area (Å²) in [5.74, 6) is 0.478. The van der Waals surface area contributed by atoms with Crippen molar-refractivity contribution in [2.45, 2.75) is 19.4 Å². The fourth-order valence-electron chi connectivity index (χ4n) is 3.47. The molecule has 2 aromatic carbocycles. The number of nitrogens with zero attached hydrogens (tertiary/aromatic N) is 4. The van der Waals surface area contributed by atoms with E-state index in [-0.39, 0.29) is 24.7 Å². The van der Waals surface area contributed by atoms with Crippen LogP contribution in [-0.2, 0) is 17.8 Å². The molecule has 7 nitrogen and oxygen atoms in total. The number of aryl methyl sites for hydroxylation is 1. The van der Waals surface area contributed by atoms with E-state index in [0.29, 0.717) is 23.8 Å². The van der Waals surface area contributed by atoms with E-state index in [1.165, 1.54) is 12.1 Å². The minimum atomic E-state index is -0.315. The fourth-order valence-corrected chi connectivity index (χ4v) is 4.11. The maximum absolute atomic E-state index is 13.4. The second-order valence-corrected chi connectivity index (χ2v) is 8.37. The van der Waals surface area contributed by atoms with Crippen molar-refractivity contribution in [1.29, 1.82) is 0 Å². The van der Waals surface area contributed by atoms with Gasteiger partial charge in [0, 0.05) is 47.7 Å². The third-order valence-corrected chi connectivity index (χ3v) is 5.90. The first-order chi connectivity index (χ1) is 16.7. The quantitative estimate of drug-likeness (QED) is 0.341. The predicted octanol–water partition coefficient (Wildman–Crippen LogP) is 5.04. The smallest absolute Gasteiger partial charge is 0.227 e. The molecule has 0 spiro atoms. The standard InChI is InChI=1S/C25H20FN5O2S/c26-20-8-6-17(7-9-20)24-19(15-31(29-24)21-4-2-1-3-5-21)14-27-22(32)10-11-23-28-25(30-33-23)18-12-13-34-16-18/h1-9,12-13,15-16H,10-11,14H2,(H,27,32). The minimum absolute atomic E-state index is 0.146. The highest BCUT2D eigenvalue weighted by molar-refractivity contribution is 7.08. The number of hydrogen-bond acceptors (Lipinski definition) is 6. The van der Waals surface area contributed by atoms with Gasteiger partial charge in [-0.2, -0.15) is 21.4 Å². The molecule has 0 radical (unpaired) electrons. The van der Waals surface area contributed by atoms with Gasteiger partial charge in [0.1, 0.15) is 5.82 Å². The number of amides is 1. The van der Waals surface area contributed by atoms with E-state index in [9.17, 15) is 9.18 Å². The van der Waals surface area contributed by atoms with E-state index >= 15 is 0 Å². The summed E-state index contributed by atoms with van der Waals surface area (Å²) in [6, 6.07) is 17.7. The summed E-state index contributed by atoms with van der Waals surface area (Å²) in [5.41, 5.74) is 4.06. The minimum Gasteiger partial charge on any atom is -0.352 e. The number of thiophene rings is 1. The Labute approximate surface area is 198 Å². The maximum atomic E-state index is 13.4. The van der Waals surface area contributed by atoms with Crippen LogP contribution in [-0.4, -0.2) is 25.8 Å². The Morgan fingerprint density at radius 1 is 1.06 bits per heavy atom. The Hall–Kier alpha value is -4.11. The van der Waals surface area contributed by atoms with Crippen molar-refractivity contribution in [2.24, 2.45) is 0 Å². The van der Waals surface area contributed by atoms with Crippen LogP contribution in [0.4, 0.5) is 4.39 Å². The maximum Gasteiger partial charge on any atom is 0.227 e. The Morgan fingerprint density at radius 2 is 1.88 bits per heavy atom. The van der Waals surface area contributed by atoms with Crippen LogP contribution in [0.1, 0.15) is 17.9 Å². The van der Waals surface area contributed by atoms with Crippen molar-refractivity contribution in [3.05, 3.63) is 94.9 Å². The number of benzene rings is 2. The number of carbonyl (C=O) groups excluding carboxylic acids is 1. The van der Waals surface area contributed by atoms with Crippen LogP contribution >= 0.6 is 11.3 Å². The van der Waals surface area contributed by atoms with Gasteiger partial charge in [-0.15, -0.1) is 0 Å². The van der Waals surface area contributed by atoms with Crippen LogP contribution in [0.5, 0.6) is 0 Å². The van der Waals surface area contributed by atoms with E-state index in [2.05, 4.69) is 20.6 Å². The normalized spacial score (nSPS) is 11.0. The predicted molar refractivity (Wildman–Crippen MR) is 127 cm³/mol. The first-order valence-electron chi connectivity index (χ1n) is 10.7. The van der Waals surface area contributed by atoms with Gasteiger partial charge in [0.25, 0.3) is 0 Å². The average molecular weight is 474 g/mol. The third kappa shape index (κ3) is 4.94. The van der Waals surface area contributed by atoms with Crippen LogP contribution < -0.4 is 5.32 Å². The number of halogens is 1. The zero-order chi connectivity index (χ0) is 23.3. The molecule has 0 aliphatic carbocycles. The summed E-state index contributed by atoms with van der Waals surface area (Å²) in [6.07, 6.45) is 2.43. The number of carbonyl (C=O) groups is 1. The van der Waals surface area contributed by atoms with Gasteiger partial charge in [-0.05, 0) is 47.8 Å². The lowest BCUT2D eigenvalue weighted by Gasteiger charge is -2.05. The van der Waals surface area contributed by atoms with Crippen LogP contribution in [0.15, 0.2) is 82.1 Å². The van der Waals surface area contributed by atoms with Gasteiger partial charge < -0.3 is 9.84 Å². The van der Waals surface area contributed by atoms with Gasteiger partial charge in [-0.1, -0.05) is 23.4 Å². The van der Waals surface area contributed by atoms with Gasteiger partial charge in [0.15, 0.2) is 0 Å². The van der Waals surface area contributed by atoms with Gasteiger partial charge in [-0.25, -0.2) is 9.07 Å². The van der Waals surface area contributed by atoms with E-state index in [4.69, 9.17) is 4.52 Å². The number of nitrogens with one attached hydrogen (secondary N) is 1. The Bertz CT molecular complexity index is 1380. The number of para-hydroxylation sites is 1. The van der Waals surface area contributed by atoms with E-state index in [0.717, 1.165) is 22.4 Å². The van der Waals surface area contributed by atoms with Gasteiger partial charge in [0.2, 0.25) is 17.6 Å². The molecule has 0 aliphatic rings. The first-order valence-corrected chi connectivity index (χ1v) is 11.6. The van der Waals surface area contributed by atoms with Gasteiger partial charge >= 0.3 is 0 Å². The largest absolute Gasteiger partial charge is 0.352 e. The Morgan fingerprint density at radius 3 is 2.65 bits per heavy atom. The van der Waals surface area contributed by atoms with Gasteiger partial charge in [0.05, 0.1) is 11.4 Å². The van der Waals surface area contributed by atoms with Crippen LogP contribution in [0.3, 0.4) is 0 Å². The van der Waals surface area contributed by atoms with E-state index < -0.39 is 0 Å². The Kier molecular flexibility index (Phi) is 6.26. The van der Waals surface area contributed by atoms with Crippen LogP contribution in [0, 0.1) is 5.82 Å². The molecule has 0 saturated heterocycles. The summed E-state index contributed by atoms with van der Waals surface area (Å²) in [6.45, 7) is 0.280. The highest BCUT2D eigenvalue weighted by Crippen LogP contribution is 2.24. The molecule has 3 aromatic heterocycles. The highest BCUT2D eigenvalue weighted by atomic mass is 32.1. The molecule has 170 valence electrons. The summed E-state index contributed by atoms with van der Waals surface area (Å²) >= 11 is 1.56. The lowest BCUT2D eigenvalue weighted by molar-refractivity contribution is -0.121. The lowest BCUT2D eigenvalue weighted by atomic mass is 10.1. The van der Waals surface area contributed by atoms with E-state index in [1.807, 2.05) is 53.4 Å². The number of aromatic nitrogens is 4. The topological polar surface area (TPSA) is 85.8 Å². The van der Waals surface area contributed by atoms with Gasteiger partial charge in [-0.3, -0.25) is 4.79 Å². The first kappa shape index (κ1) is 21.7. The molecule has 0 saturated carbocycles. The molecule has 9 heteroatoms. The van der Waals surface area contributed by atoms with Crippen LogP contribution in [0.2, 0.25) is 0 Å². The molecular weight excluding hydrogens is 453 g/mol. The second-order valence-electron chi connectivity index (χ2n) is 7.59. The summed E-state index contributed by atoms with van der Waals surface area (Å²) < 4.78 is 20.4. The molecule has 0 unspecified atom stereocenters. The summed E-state index contributed by atoms with van der Waals surface area (Å²) in [7, 11) is 0. The molecule has 0 bridgehead atoms. The molecule has 0 atom stereocenters. The zero-order valence-corrected chi connectivity index (χ0v) is 18.8. The second kappa shape index (κ2) is 9.80. The van der Waals surface area contributed by atoms with Crippen molar-refractivity contribution in [3.63, 3.8) is 0 Å². The summed E-state index contributed by atoms with van der Waals surface area (Å²) in [4.78, 5) is 16.9. The highest BCUT2D eigenvalue weighted by Gasteiger charge is 2.15. The molecule has 1 N–H and O–H groups in total. The molecule has 0 aliphatic heterocycles. The summed E-state index contributed by atoms with van der Waals surface area (Å²) in [5, 5.41) is 15.5. The van der Waals surface area contributed by atoms with Crippen molar-refractivity contribution in [3.8, 4) is 28.3 Å². The Balaban J connectivity index is 1.27. The molecule has 0 fully saturated rings. The SMILES string of the molecule is O=C(CCc1nc(-c2ccsc2)no1)NCc1cn(-c2ccccc2)nc1-c1ccc(F)cc1. The lowest BCUT2D eigenvalue weighted by Crippen LogP contribution is -2.23. The third-order valence-electron chi connectivity index (χ3n) is 5.22. The zero-order valence-electron chi connectivity index (χ0n) is 18.0. The average Bonchev–Trinajstić information content (AvgIpc) is 3.63. The van der Waals surface area contributed by atoms with Crippen molar-refractivity contribution in [2.75, 3.05) is 0 Å².